The summed E-state index contributed by atoms with van der Waals surface area (Å²) in [5, 5.41) is 13.4. The second kappa shape index (κ2) is 6.77. The van der Waals surface area contributed by atoms with Gasteiger partial charge in [0.2, 0.25) is 5.91 Å². The van der Waals surface area contributed by atoms with E-state index in [0.29, 0.717) is 12.0 Å². The van der Waals surface area contributed by atoms with Crippen molar-refractivity contribution in [2.24, 2.45) is 5.92 Å². The van der Waals surface area contributed by atoms with Crippen molar-refractivity contribution in [2.75, 3.05) is 18.0 Å². The Kier molecular flexibility index (Phi) is 4.00. The molecular weight excluding hydrogens is 395 g/mol. The first-order valence-corrected chi connectivity index (χ1v) is 10.7. The van der Waals surface area contributed by atoms with Gasteiger partial charge in [0.1, 0.15) is 12.2 Å². The van der Waals surface area contributed by atoms with Crippen molar-refractivity contribution >= 4 is 17.1 Å². The zero-order valence-corrected chi connectivity index (χ0v) is 16.9. The first kappa shape index (κ1) is 18.3. The SMILES string of the molecule is N#Cc1ccc(-c2cc3c(N4CC5CCC(C4)N5C(=O)[C@@H]4C[C@H]4F)ccnn3c2)nc1. The van der Waals surface area contributed by atoms with Gasteiger partial charge in [0.05, 0.1) is 28.4 Å². The molecule has 4 atom stereocenters. The molecule has 2 aliphatic heterocycles. The molecule has 6 rings (SSSR count). The van der Waals surface area contributed by atoms with E-state index in [0.717, 1.165) is 48.4 Å². The van der Waals surface area contributed by atoms with Gasteiger partial charge in [-0.25, -0.2) is 8.91 Å². The van der Waals surface area contributed by atoms with E-state index in [1.807, 2.05) is 27.7 Å². The number of halogens is 1. The zero-order chi connectivity index (χ0) is 21.1. The number of nitrogens with zero attached hydrogens (tertiary/aromatic N) is 6. The number of hydrogen-bond donors (Lipinski definition) is 0. The second-order valence-corrected chi connectivity index (χ2v) is 8.71. The minimum atomic E-state index is -0.945. The number of carbonyl (C=O) groups is 1. The van der Waals surface area contributed by atoms with E-state index in [4.69, 9.17) is 5.26 Å². The van der Waals surface area contributed by atoms with Crippen LogP contribution in [0, 0.1) is 17.2 Å². The van der Waals surface area contributed by atoms with Gasteiger partial charge in [-0.2, -0.15) is 10.4 Å². The smallest absolute Gasteiger partial charge is 0.229 e. The Morgan fingerprint density at radius 2 is 1.97 bits per heavy atom. The highest BCUT2D eigenvalue weighted by Crippen LogP contribution is 2.41. The standard InChI is InChI=1S/C23H21FN6O/c24-19-8-18(19)23(31)30-16-2-3-17(30)13-28(12-16)21-5-6-27-29-11-15(7-22(21)29)20-4-1-14(9-25)10-26-20/h1,4-7,10-11,16-19H,2-3,8,12-13H2/t16?,17?,18-,19-/m1/s1. The molecule has 0 spiro atoms. The first-order chi connectivity index (χ1) is 15.1. The molecule has 3 aliphatic rings. The van der Waals surface area contributed by atoms with Crippen LogP contribution in [-0.2, 0) is 4.79 Å². The van der Waals surface area contributed by atoms with Crippen molar-refractivity contribution in [3.63, 3.8) is 0 Å². The van der Waals surface area contributed by atoms with Crippen LogP contribution in [0.4, 0.5) is 10.1 Å². The first-order valence-electron chi connectivity index (χ1n) is 10.7. The number of nitriles is 1. The van der Waals surface area contributed by atoms with Crippen molar-refractivity contribution in [2.45, 2.75) is 37.5 Å². The van der Waals surface area contributed by atoms with E-state index in [2.05, 4.69) is 27.1 Å². The third-order valence-corrected chi connectivity index (χ3v) is 6.78. The fourth-order valence-electron chi connectivity index (χ4n) is 5.11. The number of aromatic nitrogens is 3. The van der Waals surface area contributed by atoms with Gasteiger partial charge in [-0.15, -0.1) is 0 Å². The summed E-state index contributed by atoms with van der Waals surface area (Å²) in [5.41, 5.74) is 4.31. The van der Waals surface area contributed by atoms with Gasteiger partial charge >= 0.3 is 0 Å². The van der Waals surface area contributed by atoms with Crippen molar-refractivity contribution in [1.82, 2.24) is 19.5 Å². The minimum absolute atomic E-state index is 0.0105. The summed E-state index contributed by atoms with van der Waals surface area (Å²) in [6, 6.07) is 10.0. The summed E-state index contributed by atoms with van der Waals surface area (Å²) in [4.78, 5) is 21.4. The quantitative estimate of drug-likeness (QED) is 0.656. The zero-order valence-electron chi connectivity index (χ0n) is 16.9. The van der Waals surface area contributed by atoms with E-state index >= 15 is 0 Å². The number of rotatable bonds is 3. The summed E-state index contributed by atoms with van der Waals surface area (Å²) >= 11 is 0. The van der Waals surface area contributed by atoms with Gasteiger partial charge in [0, 0.05) is 49.3 Å². The third-order valence-electron chi connectivity index (χ3n) is 6.78. The highest BCUT2D eigenvalue weighted by atomic mass is 19.1. The minimum Gasteiger partial charge on any atom is -0.366 e. The van der Waals surface area contributed by atoms with Gasteiger partial charge in [-0.05, 0) is 43.5 Å². The fourth-order valence-corrected chi connectivity index (χ4v) is 5.11. The Bertz CT molecular complexity index is 1200. The molecular formula is C23H21FN6O. The van der Waals surface area contributed by atoms with Crippen LogP contribution in [0.25, 0.3) is 16.8 Å². The number of anilines is 1. The fraction of sp³-hybridized carbons (Fsp3) is 0.391. The van der Waals surface area contributed by atoms with E-state index < -0.39 is 12.1 Å². The van der Waals surface area contributed by atoms with Crippen molar-refractivity contribution < 1.29 is 9.18 Å². The normalized spacial score (nSPS) is 26.8. The molecule has 3 aromatic rings. The number of amides is 1. The molecule has 5 heterocycles. The lowest BCUT2D eigenvalue weighted by molar-refractivity contribution is -0.136. The van der Waals surface area contributed by atoms with Crippen LogP contribution in [0.2, 0.25) is 0 Å². The highest BCUT2D eigenvalue weighted by molar-refractivity contribution is 5.84. The summed E-state index contributed by atoms with van der Waals surface area (Å²) in [7, 11) is 0. The molecule has 1 amide bonds. The van der Waals surface area contributed by atoms with Crippen LogP contribution in [0.15, 0.2) is 42.9 Å². The molecule has 0 N–H and O–H groups in total. The molecule has 2 unspecified atom stereocenters. The van der Waals surface area contributed by atoms with E-state index in [1.165, 1.54) is 0 Å². The molecule has 3 aromatic heterocycles. The maximum Gasteiger partial charge on any atom is 0.229 e. The molecule has 156 valence electrons. The lowest BCUT2D eigenvalue weighted by atomic mass is 10.1. The lowest BCUT2D eigenvalue weighted by Gasteiger charge is -2.42. The molecule has 2 bridgehead atoms. The average molecular weight is 416 g/mol. The number of fused-ring (bicyclic) bond motifs is 3. The third kappa shape index (κ3) is 2.95. The Balaban J connectivity index is 1.30. The molecule has 3 fully saturated rings. The molecule has 7 nitrogen and oxygen atoms in total. The summed E-state index contributed by atoms with van der Waals surface area (Å²) < 4.78 is 15.3. The Morgan fingerprint density at radius 3 is 2.61 bits per heavy atom. The van der Waals surface area contributed by atoms with Crippen molar-refractivity contribution in [1.29, 1.82) is 5.26 Å². The number of piperazine rings is 1. The topological polar surface area (TPSA) is 77.5 Å². The largest absolute Gasteiger partial charge is 0.366 e. The van der Waals surface area contributed by atoms with Crippen LogP contribution >= 0.6 is 0 Å². The Labute approximate surface area is 178 Å². The van der Waals surface area contributed by atoms with Gasteiger partial charge in [0.15, 0.2) is 0 Å². The van der Waals surface area contributed by atoms with E-state index in [-0.39, 0.29) is 18.0 Å². The van der Waals surface area contributed by atoms with Crippen LogP contribution in [0.3, 0.4) is 0 Å². The maximum atomic E-state index is 13.5. The van der Waals surface area contributed by atoms with Gasteiger partial charge in [0.25, 0.3) is 0 Å². The van der Waals surface area contributed by atoms with Gasteiger partial charge < -0.3 is 9.80 Å². The second-order valence-electron chi connectivity index (χ2n) is 8.71. The summed E-state index contributed by atoms with van der Waals surface area (Å²) in [6.07, 6.45) is 6.69. The van der Waals surface area contributed by atoms with Crippen molar-refractivity contribution in [3.05, 3.63) is 48.4 Å². The molecule has 1 aliphatic carbocycles. The molecule has 1 saturated carbocycles. The lowest BCUT2D eigenvalue weighted by Crippen LogP contribution is -2.56. The predicted molar refractivity (Wildman–Crippen MR) is 112 cm³/mol. The number of hydrogen-bond acceptors (Lipinski definition) is 5. The molecule has 0 aromatic carbocycles. The van der Waals surface area contributed by atoms with Crippen molar-refractivity contribution in [3.8, 4) is 17.3 Å². The van der Waals surface area contributed by atoms with Crippen LogP contribution in [0.5, 0.6) is 0 Å². The van der Waals surface area contributed by atoms with E-state index in [1.54, 1.807) is 18.5 Å². The monoisotopic (exact) mass is 416 g/mol. The molecule has 31 heavy (non-hydrogen) atoms. The predicted octanol–water partition coefficient (Wildman–Crippen LogP) is 2.81. The van der Waals surface area contributed by atoms with Crippen LogP contribution in [-0.4, -0.2) is 56.8 Å². The number of alkyl halides is 1. The number of carbonyl (C=O) groups excluding carboxylic acids is 1. The molecule has 8 heteroatoms. The molecule has 2 saturated heterocycles. The molecule has 0 radical (unpaired) electrons. The van der Waals surface area contributed by atoms with Crippen LogP contribution < -0.4 is 4.90 Å². The summed E-state index contributed by atoms with van der Waals surface area (Å²) in [6.45, 7) is 1.50. The summed E-state index contributed by atoms with van der Waals surface area (Å²) in [5.74, 6) is -0.397. The van der Waals surface area contributed by atoms with Gasteiger partial charge in [-0.1, -0.05) is 0 Å². The van der Waals surface area contributed by atoms with Gasteiger partial charge in [-0.3, -0.25) is 9.78 Å². The number of pyridine rings is 1. The average Bonchev–Trinajstić information content (AvgIpc) is 3.26. The Morgan fingerprint density at radius 1 is 1.19 bits per heavy atom. The van der Waals surface area contributed by atoms with Crippen LogP contribution in [0.1, 0.15) is 24.8 Å². The maximum absolute atomic E-state index is 13.5. The Hall–Kier alpha value is -3.47. The highest BCUT2D eigenvalue weighted by Gasteiger charge is 2.51. The van der Waals surface area contributed by atoms with E-state index in [9.17, 15) is 9.18 Å².